The van der Waals surface area contributed by atoms with E-state index in [0.29, 0.717) is 0 Å². The second-order valence-electron chi connectivity index (χ2n) is 3.65. The van der Waals surface area contributed by atoms with Crippen molar-refractivity contribution in [1.82, 2.24) is 10.2 Å². The Labute approximate surface area is 89.3 Å². The van der Waals surface area contributed by atoms with Gasteiger partial charge in [-0.1, -0.05) is 25.5 Å². The quantitative estimate of drug-likeness (QED) is 0.750. The Morgan fingerprint density at radius 2 is 2.20 bits per heavy atom. The molecule has 78 valence electrons. The first kappa shape index (κ1) is 9.77. The lowest BCUT2D eigenvalue weighted by Gasteiger charge is -2.06. The number of aryl methyl sites for hydroxylation is 1. The SMILES string of the molecule is CCCc1ccc(-c2cn[nH]c2)cc1N. The largest absolute Gasteiger partial charge is 0.398 e. The molecule has 2 rings (SSSR count). The fourth-order valence-electron chi connectivity index (χ4n) is 1.68. The molecular weight excluding hydrogens is 186 g/mol. The number of nitrogens with two attached hydrogens (primary N) is 1. The first-order valence-electron chi connectivity index (χ1n) is 5.19. The lowest BCUT2D eigenvalue weighted by atomic mass is 10.0. The third kappa shape index (κ3) is 2.01. The summed E-state index contributed by atoms with van der Waals surface area (Å²) in [6.07, 6.45) is 5.83. The Kier molecular flexibility index (Phi) is 2.72. The lowest BCUT2D eigenvalue weighted by Crippen LogP contribution is -1.94. The maximum absolute atomic E-state index is 5.98. The molecule has 0 aliphatic rings. The van der Waals surface area contributed by atoms with Gasteiger partial charge < -0.3 is 5.73 Å². The Balaban J connectivity index is 2.33. The number of nitrogen functional groups attached to an aromatic ring is 1. The molecule has 1 aromatic heterocycles. The zero-order chi connectivity index (χ0) is 10.7. The molecule has 1 heterocycles. The zero-order valence-electron chi connectivity index (χ0n) is 8.83. The van der Waals surface area contributed by atoms with Crippen LogP contribution in [0.5, 0.6) is 0 Å². The van der Waals surface area contributed by atoms with Crippen LogP contribution >= 0.6 is 0 Å². The highest BCUT2D eigenvalue weighted by Crippen LogP contribution is 2.23. The Morgan fingerprint density at radius 3 is 2.80 bits per heavy atom. The highest BCUT2D eigenvalue weighted by atomic mass is 15.1. The van der Waals surface area contributed by atoms with Crippen molar-refractivity contribution < 1.29 is 0 Å². The fraction of sp³-hybridized carbons (Fsp3) is 0.250. The highest BCUT2D eigenvalue weighted by molar-refractivity contribution is 5.67. The van der Waals surface area contributed by atoms with Crippen molar-refractivity contribution in [3.8, 4) is 11.1 Å². The van der Waals surface area contributed by atoms with Gasteiger partial charge in [0.05, 0.1) is 6.20 Å². The van der Waals surface area contributed by atoms with Crippen LogP contribution in [0.2, 0.25) is 0 Å². The molecule has 0 aliphatic carbocycles. The molecule has 0 atom stereocenters. The van der Waals surface area contributed by atoms with Crippen LogP contribution in [-0.4, -0.2) is 10.2 Å². The molecule has 3 heteroatoms. The molecule has 0 bridgehead atoms. The third-order valence-corrected chi connectivity index (χ3v) is 2.50. The van der Waals surface area contributed by atoms with Gasteiger partial charge in [-0.3, -0.25) is 5.10 Å². The predicted octanol–water partition coefficient (Wildman–Crippen LogP) is 2.61. The van der Waals surface area contributed by atoms with Crippen molar-refractivity contribution in [2.75, 3.05) is 5.73 Å². The number of nitrogens with zero attached hydrogens (tertiary/aromatic N) is 1. The number of rotatable bonds is 3. The summed E-state index contributed by atoms with van der Waals surface area (Å²) in [7, 11) is 0. The molecular formula is C12H15N3. The minimum Gasteiger partial charge on any atom is -0.398 e. The van der Waals surface area contributed by atoms with Crippen LogP contribution in [0.15, 0.2) is 30.6 Å². The summed E-state index contributed by atoms with van der Waals surface area (Å²) in [5, 5.41) is 6.72. The molecule has 15 heavy (non-hydrogen) atoms. The van der Waals surface area contributed by atoms with Crippen molar-refractivity contribution >= 4 is 5.69 Å². The molecule has 0 saturated heterocycles. The van der Waals surface area contributed by atoms with Gasteiger partial charge >= 0.3 is 0 Å². The molecule has 0 saturated carbocycles. The third-order valence-electron chi connectivity index (χ3n) is 2.50. The van der Waals surface area contributed by atoms with Gasteiger partial charge in [0.25, 0.3) is 0 Å². The van der Waals surface area contributed by atoms with Crippen molar-refractivity contribution in [1.29, 1.82) is 0 Å². The summed E-state index contributed by atoms with van der Waals surface area (Å²) in [5.41, 5.74) is 10.3. The maximum atomic E-state index is 5.98. The number of hydrogen-bond donors (Lipinski definition) is 2. The van der Waals surface area contributed by atoms with Gasteiger partial charge in [0.2, 0.25) is 0 Å². The average Bonchev–Trinajstić information content (AvgIpc) is 2.74. The minimum atomic E-state index is 0.871. The van der Waals surface area contributed by atoms with E-state index in [2.05, 4.69) is 29.3 Å². The van der Waals surface area contributed by atoms with E-state index in [1.807, 2.05) is 12.3 Å². The first-order chi connectivity index (χ1) is 7.31. The summed E-state index contributed by atoms with van der Waals surface area (Å²) in [6.45, 7) is 2.16. The van der Waals surface area contributed by atoms with Crippen LogP contribution in [0.25, 0.3) is 11.1 Å². The number of anilines is 1. The van der Waals surface area contributed by atoms with E-state index in [0.717, 1.165) is 29.7 Å². The second kappa shape index (κ2) is 4.17. The maximum Gasteiger partial charge on any atom is 0.0565 e. The van der Waals surface area contributed by atoms with E-state index in [1.165, 1.54) is 5.56 Å². The van der Waals surface area contributed by atoms with Crippen molar-refractivity contribution in [2.45, 2.75) is 19.8 Å². The molecule has 0 unspecified atom stereocenters. The van der Waals surface area contributed by atoms with Gasteiger partial charge in [-0.05, 0) is 23.6 Å². The Bertz CT molecular complexity index is 432. The van der Waals surface area contributed by atoms with Crippen molar-refractivity contribution in [2.24, 2.45) is 0 Å². The molecule has 0 spiro atoms. The number of hydrogen-bond acceptors (Lipinski definition) is 2. The number of H-pyrrole nitrogens is 1. The number of aromatic nitrogens is 2. The van der Waals surface area contributed by atoms with E-state index in [1.54, 1.807) is 6.20 Å². The molecule has 0 radical (unpaired) electrons. The highest BCUT2D eigenvalue weighted by Gasteiger charge is 2.02. The molecule has 1 aromatic carbocycles. The summed E-state index contributed by atoms with van der Waals surface area (Å²) in [6, 6.07) is 6.20. The van der Waals surface area contributed by atoms with Crippen LogP contribution in [0.1, 0.15) is 18.9 Å². The van der Waals surface area contributed by atoms with Crippen LogP contribution in [0, 0.1) is 0 Å². The van der Waals surface area contributed by atoms with E-state index in [9.17, 15) is 0 Å². The van der Waals surface area contributed by atoms with Gasteiger partial charge in [0.1, 0.15) is 0 Å². The van der Waals surface area contributed by atoms with Gasteiger partial charge in [0.15, 0.2) is 0 Å². The van der Waals surface area contributed by atoms with Gasteiger partial charge in [-0.2, -0.15) is 5.10 Å². The van der Waals surface area contributed by atoms with E-state index < -0.39 is 0 Å². The standard InChI is InChI=1S/C12H15N3/c1-2-3-9-4-5-10(6-12(9)13)11-7-14-15-8-11/h4-8H,2-3,13H2,1H3,(H,14,15). The van der Waals surface area contributed by atoms with Crippen molar-refractivity contribution in [3.63, 3.8) is 0 Å². The fourth-order valence-corrected chi connectivity index (χ4v) is 1.68. The molecule has 0 amide bonds. The monoisotopic (exact) mass is 201 g/mol. The average molecular weight is 201 g/mol. The molecule has 0 fully saturated rings. The summed E-state index contributed by atoms with van der Waals surface area (Å²) >= 11 is 0. The number of benzene rings is 1. The molecule has 3 nitrogen and oxygen atoms in total. The summed E-state index contributed by atoms with van der Waals surface area (Å²) in [4.78, 5) is 0. The van der Waals surface area contributed by atoms with Crippen LogP contribution < -0.4 is 5.73 Å². The predicted molar refractivity (Wildman–Crippen MR) is 62.4 cm³/mol. The smallest absolute Gasteiger partial charge is 0.0565 e. The van der Waals surface area contributed by atoms with Gasteiger partial charge in [-0.15, -0.1) is 0 Å². The minimum absolute atomic E-state index is 0.871. The van der Waals surface area contributed by atoms with E-state index >= 15 is 0 Å². The zero-order valence-corrected chi connectivity index (χ0v) is 8.83. The van der Waals surface area contributed by atoms with E-state index in [-0.39, 0.29) is 0 Å². The van der Waals surface area contributed by atoms with Crippen molar-refractivity contribution in [3.05, 3.63) is 36.2 Å². The molecule has 3 N–H and O–H groups in total. The molecule has 2 aromatic rings. The van der Waals surface area contributed by atoms with E-state index in [4.69, 9.17) is 5.73 Å². The van der Waals surface area contributed by atoms with Crippen LogP contribution in [-0.2, 0) is 6.42 Å². The summed E-state index contributed by atoms with van der Waals surface area (Å²) in [5.74, 6) is 0. The van der Waals surface area contributed by atoms with Crippen LogP contribution in [0.3, 0.4) is 0 Å². The Hall–Kier alpha value is -1.77. The number of aromatic amines is 1. The van der Waals surface area contributed by atoms with Gasteiger partial charge in [0, 0.05) is 17.4 Å². The Morgan fingerprint density at radius 1 is 1.33 bits per heavy atom. The molecule has 0 aliphatic heterocycles. The second-order valence-corrected chi connectivity index (χ2v) is 3.65. The lowest BCUT2D eigenvalue weighted by molar-refractivity contribution is 0.924. The van der Waals surface area contributed by atoms with Gasteiger partial charge in [-0.25, -0.2) is 0 Å². The van der Waals surface area contributed by atoms with Crippen LogP contribution in [0.4, 0.5) is 5.69 Å². The number of nitrogens with one attached hydrogen (secondary N) is 1. The first-order valence-corrected chi connectivity index (χ1v) is 5.19. The summed E-state index contributed by atoms with van der Waals surface area (Å²) < 4.78 is 0. The topological polar surface area (TPSA) is 54.7 Å². The normalized spacial score (nSPS) is 10.5.